The molecule has 0 aromatic heterocycles. The third-order valence-corrected chi connectivity index (χ3v) is 4.28. The van der Waals surface area contributed by atoms with Gasteiger partial charge in [0.1, 0.15) is 0 Å². The van der Waals surface area contributed by atoms with E-state index in [0.717, 1.165) is 23.8 Å². The number of nitrogens with zero attached hydrogens (tertiary/aromatic N) is 1. The summed E-state index contributed by atoms with van der Waals surface area (Å²) in [5.74, 6) is 2.85. The van der Waals surface area contributed by atoms with Crippen LogP contribution in [0.1, 0.15) is 46.5 Å². The van der Waals surface area contributed by atoms with E-state index < -0.39 is 0 Å². The highest BCUT2D eigenvalue weighted by atomic mass is 15.2. The van der Waals surface area contributed by atoms with Gasteiger partial charge in [-0.3, -0.25) is 0 Å². The molecule has 14 heavy (non-hydrogen) atoms. The summed E-state index contributed by atoms with van der Waals surface area (Å²) in [6.07, 6.45) is 5.79. The monoisotopic (exact) mass is 195 g/mol. The van der Waals surface area contributed by atoms with Crippen molar-refractivity contribution >= 4 is 0 Å². The molecule has 0 bridgehead atoms. The molecule has 2 rings (SSSR count). The Labute approximate surface area is 88.9 Å². The Bertz CT molecular complexity index is 184. The molecule has 2 fully saturated rings. The van der Waals surface area contributed by atoms with Crippen LogP contribution in [0.4, 0.5) is 0 Å². The largest absolute Gasteiger partial charge is 0.300 e. The van der Waals surface area contributed by atoms with Crippen LogP contribution in [0.3, 0.4) is 0 Å². The van der Waals surface area contributed by atoms with Crippen molar-refractivity contribution in [1.29, 1.82) is 0 Å². The number of rotatable bonds is 3. The molecule has 0 aromatic rings. The second kappa shape index (κ2) is 4.22. The Kier molecular flexibility index (Phi) is 3.16. The molecule has 1 nitrogen and oxygen atoms in total. The number of piperidine rings is 1. The van der Waals surface area contributed by atoms with Crippen LogP contribution in [0.5, 0.6) is 0 Å². The fraction of sp³-hybridized carbons (Fsp3) is 1.00. The van der Waals surface area contributed by atoms with Crippen molar-refractivity contribution in [3.05, 3.63) is 0 Å². The van der Waals surface area contributed by atoms with Gasteiger partial charge in [0.15, 0.2) is 0 Å². The van der Waals surface area contributed by atoms with Gasteiger partial charge in [0.2, 0.25) is 0 Å². The Morgan fingerprint density at radius 2 is 1.93 bits per heavy atom. The molecular formula is C13H25N. The lowest BCUT2D eigenvalue weighted by Crippen LogP contribution is -2.43. The first-order valence-corrected chi connectivity index (χ1v) is 6.46. The minimum absolute atomic E-state index is 0.876. The molecule has 0 amide bonds. The van der Waals surface area contributed by atoms with E-state index in [4.69, 9.17) is 0 Å². The van der Waals surface area contributed by atoms with Crippen LogP contribution in [-0.2, 0) is 0 Å². The minimum atomic E-state index is 0.876. The van der Waals surface area contributed by atoms with Crippen LogP contribution < -0.4 is 0 Å². The summed E-state index contributed by atoms with van der Waals surface area (Å²) in [6.45, 7) is 9.95. The predicted molar refractivity (Wildman–Crippen MR) is 61.3 cm³/mol. The van der Waals surface area contributed by atoms with Crippen LogP contribution in [-0.4, -0.2) is 24.0 Å². The molecule has 2 aliphatic rings. The molecule has 1 heterocycles. The van der Waals surface area contributed by atoms with Gasteiger partial charge in [-0.05, 0) is 43.6 Å². The van der Waals surface area contributed by atoms with Gasteiger partial charge in [0.05, 0.1) is 0 Å². The Balaban J connectivity index is 1.93. The average molecular weight is 195 g/mol. The molecule has 0 N–H and O–H groups in total. The van der Waals surface area contributed by atoms with Crippen LogP contribution in [0, 0.1) is 17.8 Å². The molecule has 0 aromatic carbocycles. The van der Waals surface area contributed by atoms with Crippen molar-refractivity contribution in [2.75, 3.05) is 13.1 Å². The maximum absolute atomic E-state index is 2.76. The zero-order chi connectivity index (χ0) is 10.1. The van der Waals surface area contributed by atoms with Crippen molar-refractivity contribution in [2.24, 2.45) is 17.8 Å². The predicted octanol–water partition coefficient (Wildman–Crippen LogP) is 3.15. The second-order valence-electron chi connectivity index (χ2n) is 5.59. The van der Waals surface area contributed by atoms with Crippen molar-refractivity contribution < 1.29 is 0 Å². The van der Waals surface area contributed by atoms with Crippen LogP contribution in [0.2, 0.25) is 0 Å². The van der Waals surface area contributed by atoms with Gasteiger partial charge < -0.3 is 4.90 Å². The fourth-order valence-corrected chi connectivity index (χ4v) is 3.09. The molecule has 1 aliphatic carbocycles. The quantitative estimate of drug-likeness (QED) is 0.668. The van der Waals surface area contributed by atoms with E-state index in [1.165, 1.54) is 38.8 Å². The third kappa shape index (κ3) is 2.13. The van der Waals surface area contributed by atoms with Crippen LogP contribution in [0.15, 0.2) is 0 Å². The molecule has 82 valence electrons. The van der Waals surface area contributed by atoms with Crippen molar-refractivity contribution in [1.82, 2.24) is 4.90 Å². The van der Waals surface area contributed by atoms with E-state index in [0.29, 0.717) is 0 Å². The van der Waals surface area contributed by atoms with Gasteiger partial charge in [-0.25, -0.2) is 0 Å². The van der Waals surface area contributed by atoms with E-state index in [2.05, 4.69) is 25.7 Å². The van der Waals surface area contributed by atoms with Gasteiger partial charge in [0.25, 0.3) is 0 Å². The summed E-state index contributed by atoms with van der Waals surface area (Å²) in [4.78, 5) is 2.76. The lowest BCUT2D eigenvalue weighted by molar-refractivity contribution is 0.0812. The standard InChI is InChI=1S/C13H25N/c1-4-11-7-8-14(12-5-6-12)9-13(11)10(2)3/h10-13H,4-9H2,1-3H3/t11-,13-/m0/s1. The summed E-state index contributed by atoms with van der Waals surface area (Å²) in [6, 6.07) is 0.981. The van der Waals surface area contributed by atoms with Crippen molar-refractivity contribution in [3.8, 4) is 0 Å². The second-order valence-corrected chi connectivity index (χ2v) is 5.59. The lowest BCUT2D eigenvalue weighted by atomic mass is 9.77. The van der Waals surface area contributed by atoms with E-state index in [9.17, 15) is 0 Å². The Morgan fingerprint density at radius 3 is 2.43 bits per heavy atom. The minimum Gasteiger partial charge on any atom is -0.300 e. The molecule has 1 saturated heterocycles. The first kappa shape index (κ1) is 10.5. The lowest BCUT2D eigenvalue weighted by Gasteiger charge is -2.40. The number of hydrogen-bond acceptors (Lipinski definition) is 1. The average Bonchev–Trinajstić information content (AvgIpc) is 3.00. The van der Waals surface area contributed by atoms with E-state index >= 15 is 0 Å². The van der Waals surface area contributed by atoms with Gasteiger partial charge in [-0.2, -0.15) is 0 Å². The molecule has 1 saturated carbocycles. The summed E-state index contributed by atoms with van der Waals surface area (Å²) in [5.41, 5.74) is 0. The van der Waals surface area contributed by atoms with Crippen molar-refractivity contribution in [2.45, 2.75) is 52.5 Å². The van der Waals surface area contributed by atoms with Crippen LogP contribution in [0.25, 0.3) is 0 Å². The molecule has 0 unspecified atom stereocenters. The summed E-state index contributed by atoms with van der Waals surface area (Å²) < 4.78 is 0. The zero-order valence-corrected chi connectivity index (χ0v) is 10.00. The highest BCUT2D eigenvalue weighted by Gasteiger charge is 2.36. The van der Waals surface area contributed by atoms with E-state index in [1.54, 1.807) is 0 Å². The van der Waals surface area contributed by atoms with Crippen molar-refractivity contribution in [3.63, 3.8) is 0 Å². The number of hydrogen-bond donors (Lipinski definition) is 0. The molecule has 0 radical (unpaired) electrons. The maximum Gasteiger partial charge on any atom is 0.00965 e. The highest BCUT2D eigenvalue weighted by Crippen LogP contribution is 2.37. The van der Waals surface area contributed by atoms with E-state index in [-0.39, 0.29) is 0 Å². The SMILES string of the molecule is CC[C@H]1CCN(C2CC2)C[C@H]1C(C)C. The zero-order valence-electron chi connectivity index (χ0n) is 10.00. The van der Waals surface area contributed by atoms with Gasteiger partial charge in [0, 0.05) is 12.6 Å². The normalized spacial score (nSPS) is 35.1. The summed E-state index contributed by atoms with van der Waals surface area (Å²) in [7, 11) is 0. The molecule has 1 aliphatic heterocycles. The summed E-state index contributed by atoms with van der Waals surface area (Å²) >= 11 is 0. The molecule has 0 spiro atoms. The summed E-state index contributed by atoms with van der Waals surface area (Å²) in [5, 5.41) is 0. The number of likely N-dealkylation sites (tertiary alicyclic amines) is 1. The Hall–Kier alpha value is -0.0400. The van der Waals surface area contributed by atoms with Gasteiger partial charge in [-0.1, -0.05) is 27.2 Å². The topological polar surface area (TPSA) is 3.24 Å². The molecular weight excluding hydrogens is 170 g/mol. The smallest absolute Gasteiger partial charge is 0.00965 e. The fourth-order valence-electron chi connectivity index (χ4n) is 3.09. The first-order valence-electron chi connectivity index (χ1n) is 6.46. The molecule has 2 atom stereocenters. The van der Waals surface area contributed by atoms with Crippen LogP contribution >= 0.6 is 0 Å². The maximum atomic E-state index is 2.76. The first-order chi connectivity index (χ1) is 6.72. The Morgan fingerprint density at radius 1 is 1.21 bits per heavy atom. The van der Waals surface area contributed by atoms with Gasteiger partial charge in [-0.15, -0.1) is 0 Å². The third-order valence-electron chi connectivity index (χ3n) is 4.28. The van der Waals surface area contributed by atoms with Gasteiger partial charge >= 0.3 is 0 Å². The molecule has 1 heteroatoms. The van der Waals surface area contributed by atoms with E-state index in [1.807, 2.05) is 0 Å². The highest BCUT2D eigenvalue weighted by molar-refractivity contribution is 4.90.